The number of halogens is 2. The molecule has 27 heavy (non-hydrogen) atoms. The van der Waals surface area contributed by atoms with E-state index in [4.69, 9.17) is 16.3 Å². The van der Waals surface area contributed by atoms with Crippen molar-refractivity contribution in [1.82, 2.24) is 9.78 Å². The Morgan fingerprint density at radius 3 is 2.59 bits per heavy atom. The van der Waals surface area contributed by atoms with E-state index in [1.165, 1.54) is 22.9 Å². The first kappa shape index (κ1) is 18.8. The Hall–Kier alpha value is -2.99. The average Bonchev–Trinajstić information content (AvgIpc) is 2.93. The summed E-state index contributed by atoms with van der Waals surface area (Å²) in [5.74, 6) is -1.79. The maximum absolute atomic E-state index is 13.2. The standard InChI is InChI=1S/C20H16ClFN2O3/c1-13-18(19(21)24(23-13)11-14-6-3-2-4-7-14)20(26)27-12-17(25)15-8-5-9-16(22)10-15/h2-10H,11-12H2,1H3. The van der Waals surface area contributed by atoms with E-state index in [1.807, 2.05) is 30.3 Å². The number of ketones is 1. The molecule has 7 heteroatoms. The lowest BCUT2D eigenvalue weighted by Gasteiger charge is -2.05. The lowest BCUT2D eigenvalue weighted by atomic mass is 10.1. The number of nitrogens with zero attached hydrogens (tertiary/aromatic N) is 2. The van der Waals surface area contributed by atoms with Crippen molar-refractivity contribution >= 4 is 23.4 Å². The molecular formula is C20H16ClFN2O3. The van der Waals surface area contributed by atoms with E-state index >= 15 is 0 Å². The fourth-order valence-electron chi connectivity index (χ4n) is 2.59. The molecule has 138 valence electrons. The predicted octanol–water partition coefficient (Wildman–Crippen LogP) is 4.07. The van der Waals surface area contributed by atoms with Crippen LogP contribution < -0.4 is 0 Å². The highest BCUT2D eigenvalue weighted by molar-refractivity contribution is 6.32. The van der Waals surface area contributed by atoms with E-state index in [0.717, 1.165) is 11.6 Å². The number of carbonyl (C=O) groups excluding carboxylic acids is 2. The number of carbonyl (C=O) groups is 2. The molecule has 0 saturated carbocycles. The summed E-state index contributed by atoms with van der Waals surface area (Å²) in [5.41, 5.74) is 1.62. The lowest BCUT2D eigenvalue weighted by molar-refractivity contribution is 0.0474. The minimum absolute atomic E-state index is 0.111. The number of hydrogen-bond donors (Lipinski definition) is 0. The van der Waals surface area contributed by atoms with Gasteiger partial charge in [0.15, 0.2) is 12.4 Å². The quantitative estimate of drug-likeness (QED) is 0.473. The van der Waals surface area contributed by atoms with Gasteiger partial charge in [-0.15, -0.1) is 0 Å². The van der Waals surface area contributed by atoms with Crippen molar-refractivity contribution < 1.29 is 18.7 Å². The Bertz CT molecular complexity index is 986. The summed E-state index contributed by atoms with van der Waals surface area (Å²) >= 11 is 6.29. The average molecular weight is 387 g/mol. The molecule has 5 nitrogen and oxygen atoms in total. The molecule has 0 aliphatic rings. The monoisotopic (exact) mass is 386 g/mol. The molecule has 0 spiro atoms. The fourth-order valence-corrected chi connectivity index (χ4v) is 2.91. The number of esters is 1. The van der Waals surface area contributed by atoms with Crippen LogP contribution in [0, 0.1) is 12.7 Å². The van der Waals surface area contributed by atoms with Crippen LogP contribution in [-0.2, 0) is 11.3 Å². The zero-order valence-electron chi connectivity index (χ0n) is 14.5. The maximum Gasteiger partial charge on any atom is 0.343 e. The normalized spacial score (nSPS) is 10.6. The van der Waals surface area contributed by atoms with Crippen LogP contribution in [-0.4, -0.2) is 28.1 Å². The van der Waals surface area contributed by atoms with Gasteiger partial charge in [-0.25, -0.2) is 13.9 Å². The number of ether oxygens (including phenoxy) is 1. The van der Waals surface area contributed by atoms with Crippen LogP contribution in [0.2, 0.25) is 5.15 Å². The maximum atomic E-state index is 13.2. The summed E-state index contributed by atoms with van der Waals surface area (Å²) in [6, 6.07) is 14.7. The predicted molar refractivity (Wildman–Crippen MR) is 98.5 cm³/mol. The van der Waals surface area contributed by atoms with Gasteiger partial charge in [0, 0.05) is 5.56 Å². The van der Waals surface area contributed by atoms with Gasteiger partial charge in [-0.3, -0.25) is 4.79 Å². The summed E-state index contributed by atoms with van der Waals surface area (Å²) in [6.07, 6.45) is 0. The Balaban J connectivity index is 1.70. The molecule has 1 heterocycles. The van der Waals surface area contributed by atoms with Gasteiger partial charge in [0.1, 0.15) is 16.5 Å². The van der Waals surface area contributed by atoms with E-state index in [0.29, 0.717) is 12.2 Å². The van der Waals surface area contributed by atoms with Crippen LogP contribution in [0.1, 0.15) is 32.0 Å². The van der Waals surface area contributed by atoms with E-state index in [2.05, 4.69) is 5.10 Å². The zero-order chi connectivity index (χ0) is 19.4. The van der Waals surface area contributed by atoms with Gasteiger partial charge >= 0.3 is 5.97 Å². The topological polar surface area (TPSA) is 61.2 Å². The molecular weight excluding hydrogens is 371 g/mol. The van der Waals surface area contributed by atoms with E-state index in [-0.39, 0.29) is 16.3 Å². The smallest absolute Gasteiger partial charge is 0.343 e. The molecule has 0 aliphatic carbocycles. The molecule has 0 bridgehead atoms. The Labute approximate surface area is 160 Å². The minimum Gasteiger partial charge on any atom is -0.454 e. The van der Waals surface area contributed by atoms with Gasteiger partial charge in [-0.1, -0.05) is 54.1 Å². The van der Waals surface area contributed by atoms with Crippen LogP contribution in [0.15, 0.2) is 54.6 Å². The molecule has 0 radical (unpaired) electrons. The number of hydrogen-bond acceptors (Lipinski definition) is 4. The zero-order valence-corrected chi connectivity index (χ0v) is 15.2. The first-order valence-corrected chi connectivity index (χ1v) is 8.56. The van der Waals surface area contributed by atoms with Gasteiger partial charge in [-0.05, 0) is 24.6 Å². The SMILES string of the molecule is Cc1nn(Cc2ccccc2)c(Cl)c1C(=O)OCC(=O)c1cccc(F)c1. The van der Waals surface area contributed by atoms with E-state index in [1.54, 1.807) is 6.92 Å². The highest BCUT2D eigenvalue weighted by Crippen LogP contribution is 2.22. The van der Waals surface area contributed by atoms with Gasteiger partial charge in [-0.2, -0.15) is 5.10 Å². The summed E-state index contributed by atoms with van der Waals surface area (Å²) in [4.78, 5) is 24.4. The van der Waals surface area contributed by atoms with Gasteiger partial charge in [0.2, 0.25) is 0 Å². The van der Waals surface area contributed by atoms with Crippen LogP contribution in [0.3, 0.4) is 0 Å². The molecule has 0 saturated heterocycles. The van der Waals surface area contributed by atoms with Crippen molar-refractivity contribution in [1.29, 1.82) is 0 Å². The largest absolute Gasteiger partial charge is 0.454 e. The molecule has 3 aromatic rings. The molecule has 0 fully saturated rings. The summed E-state index contributed by atoms with van der Waals surface area (Å²) in [5, 5.41) is 4.41. The van der Waals surface area contributed by atoms with Crippen LogP contribution in [0.4, 0.5) is 4.39 Å². The number of benzene rings is 2. The van der Waals surface area contributed by atoms with Gasteiger partial charge < -0.3 is 4.74 Å². The highest BCUT2D eigenvalue weighted by Gasteiger charge is 2.22. The molecule has 0 atom stereocenters. The second kappa shape index (κ2) is 8.14. The van der Waals surface area contributed by atoms with Crippen LogP contribution in [0.5, 0.6) is 0 Å². The minimum atomic E-state index is -0.749. The van der Waals surface area contributed by atoms with Crippen molar-refractivity contribution in [3.05, 3.63) is 88.0 Å². The van der Waals surface area contributed by atoms with Crippen LogP contribution >= 0.6 is 11.6 Å². The highest BCUT2D eigenvalue weighted by atomic mass is 35.5. The second-order valence-electron chi connectivity index (χ2n) is 5.90. The Morgan fingerprint density at radius 2 is 1.89 bits per heavy atom. The number of aromatic nitrogens is 2. The number of aryl methyl sites for hydroxylation is 1. The molecule has 0 N–H and O–H groups in total. The van der Waals surface area contributed by atoms with Crippen molar-refractivity contribution in [2.45, 2.75) is 13.5 Å². The Morgan fingerprint density at radius 1 is 1.15 bits per heavy atom. The van der Waals surface area contributed by atoms with E-state index < -0.39 is 24.2 Å². The molecule has 3 rings (SSSR count). The molecule has 1 aromatic heterocycles. The van der Waals surface area contributed by atoms with Gasteiger partial charge in [0.25, 0.3) is 0 Å². The summed E-state index contributed by atoms with van der Waals surface area (Å²) < 4.78 is 19.7. The third kappa shape index (κ3) is 4.41. The van der Waals surface area contributed by atoms with Crippen molar-refractivity contribution in [2.75, 3.05) is 6.61 Å². The summed E-state index contributed by atoms with van der Waals surface area (Å²) in [7, 11) is 0. The fraction of sp³-hybridized carbons (Fsp3) is 0.150. The lowest BCUT2D eigenvalue weighted by Crippen LogP contribution is -2.15. The Kier molecular flexibility index (Phi) is 5.66. The molecule has 0 unspecified atom stereocenters. The van der Waals surface area contributed by atoms with E-state index in [9.17, 15) is 14.0 Å². The first-order valence-electron chi connectivity index (χ1n) is 8.18. The van der Waals surface area contributed by atoms with Crippen molar-refractivity contribution in [2.24, 2.45) is 0 Å². The first-order chi connectivity index (χ1) is 13.0. The van der Waals surface area contributed by atoms with Crippen LogP contribution in [0.25, 0.3) is 0 Å². The van der Waals surface area contributed by atoms with Crippen molar-refractivity contribution in [3.8, 4) is 0 Å². The number of Topliss-reactive ketones (excluding diaryl/α,β-unsaturated/α-hetero) is 1. The second-order valence-corrected chi connectivity index (χ2v) is 6.26. The third-order valence-corrected chi connectivity index (χ3v) is 4.31. The van der Waals surface area contributed by atoms with Crippen molar-refractivity contribution in [3.63, 3.8) is 0 Å². The number of rotatable bonds is 6. The molecule has 2 aromatic carbocycles. The summed E-state index contributed by atoms with van der Waals surface area (Å²) in [6.45, 7) is 1.52. The van der Waals surface area contributed by atoms with Gasteiger partial charge in [0.05, 0.1) is 12.2 Å². The molecule has 0 aliphatic heterocycles. The molecule has 0 amide bonds. The third-order valence-electron chi connectivity index (χ3n) is 3.93.